The third-order valence-corrected chi connectivity index (χ3v) is 3.60. The van der Waals surface area contributed by atoms with E-state index in [1.165, 1.54) is 4.90 Å². The second-order valence-electron chi connectivity index (χ2n) is 5.93. The third kappa shape index (κ3) is 4.98. The van der Waals surface area contributed by atoms with Gasteiger partial charge in [0.25, 0.3) is 5.91 Å². The first kappa shape index (κ1) is 17.8. The fraction of sp³-hybridized carbons (Fsp3) is 0.368. The maximum atomic E-state index is 12.3. The standard InChI is InChI=1S/C19H24N2O3/c1-4-21(12-18(22)20-14(2)3)19(23)13-24-17-10-9-15-7-5-6-8-16(15)11-17/h5-11,14H,4,12-13H2,1-3H3,(H,20,22). The molecule has 0 aliphatic heterocycles. The van der Waals surface area contributed by atoms with Crippen LogP contribution in [0.25, 0.3) is 10.8 Å². The van der Waals surface area contributed by atoms with E-state index in [2.05, 4.69) is 5.32 Å². The maximum Gasteiger partial charge on any atom is 0.260 e. The van der Waals surface area contributed by atoms with E-state index < -0.39 is 0 Å². The monoisotopic (exact) mass is 328 g/mol. The Balaban J connectivity index is 1.93. The number of carbonyl (C=O) groups is 2. The highest BCUT2D eigenvalue weighted by molar-refractivity contribution is 5.86. The van der Waals surface area contributed by atoms with Crippen LogP contribution >= 0.6 is 0 Å². The number of carbonyl (C=O) groups excluding carboxylic acids is 2. The van der Waals surface area contributed by atoms with Crippen LogP contribution in [0.5, 0.6) is 5.75 Å². The highest BCUT2D eigenvalue weighted by Gasteiger charge is 2.16. The van der Waals surface area contributed by atoms with Crippen LogP contribution in [-0.4, -0.2) is 42.5 Å². The molecule has 2 aromatic carbocycles. The molecule has 1 N–H and O–H groups in total. The predicted molar refractivity (Wildman–Crippen MR) is 95.0 cm³/mol. The van der Waals surface area contributed by atoms with Gasteiger partial charge < -0.3 is 15.0 Å². The molecular weight excluding hydrogens is 304 g/mol. The lowest BCUT2D eigenvalue weighted by atomic mass is 10.1. The lowest BCUT2D eigenvalue weighted by Gasteiger charge is -2.21. The van der Waals surface area contributed by atoms with Crippen LogP contribution in [0.15, 0.2) is 42.5 Å². The molecule has 0 saturated carbocycles. The molecule has 0 heterocycles. The van der Waals surface area contributed by atoms with Gasteiger partial charge in [-0.05, 0) is 43.7 Å². The summed E-state index contributed by atoms with van der Waals surface area (Å²) in [6.45, 7) is 6.05. The summed E-state index contributed by atoms with van der Waals surface area (Å²) in [6.07, 6.45) is 0. The molecule has 0 aliphatic carbocycles. The fourth-order valence-electron chi connectivity index (χ4n) is 2.41. The number of hydrogen-bond acceptors (Lipinski definition) is 3. The summed E-state index contributed by atoms with van der Waals surface area (Å²) in [5.74, 6) is 0.278. The summed E-state index contributed by atoms with van der Waals surface area (Å²) in [4.78, 5) is 25.5. The molecule has 2 aromatic rings. The minimum absolute atomic E-state index is 0.0502. The Labute approximate surface area is 142 Å². The van der Waals surface area contributed by atoms with Crippen LogP contribution < -0.4 is 10.1 Å². The van der Waals surface area contributed by atoms with E-state index in [0.717, 1.165) is 10.8 Å². The van der Waals surface area contributed by atoms with Crippen molar-refractivity contribution < 1.29 is 14.3 Å². The molecule has 5 nitrogen and oxygen atoms in total. The largest absolute Gasteiger partial charge is 0.484 e. The van der Waals surface area contributed by atoms with E-state index >= 15 is 0 Å². The number of fused-ring (bicyclic) bond motifs is 1. The van der Waals surface area contributed by atoms with Crippen molar-refractivity contribution in [1.82, 2.24) is 10.2 Å². The van der Waals surface area contributed by atoms with Gasteiger partial charge in [0.1, 0.15) is 5.75 Å². The Morgan fingerprint density at radius 2 is 1.83 bits per heavy atom. The molecule has 0 saturated heterocycles. The molecule has 2 amide bonds. The van der Waals surface area contributed by atoms with Crippen LogP contribution in [0.3, 0.4) is 0 Å². The van der Waals surface area contributed by atoms with Crippen molar-refractivity contribution >= 4 is 22.6 Å². The molecule has 0 aliphatic rings. The van der Waals surface area contributed by atoms with E-state index in [1.807, 2.05) is 63.2 Å². The zero-order valence-corrected chi connectivity index (χ0v) is 14.4. The Bertz CT molecular complexity index is 713. The molecule has 0 spiro atoms. The average Bonchev–Trinajstić information content (AvgIpc) is 2.56. The number of amides is 2. The SMILES string of the molecule is CCN(CC(=O)NC(C)C)C(=O)COc1ccc2ccccc2c1. The smallest absolute Gasteiger partial charge is 0.260 e. The van der Waals surface area contributed by atoms with Crippen molar-refractivity contribution in [3.8, 4) is 5.75 Å². The van der Waals surface area contributed by atoms with E-state index in [4.69, 9.17) is 4.74 Å². The summed E-state index contributed by atoms with van der Waals surface area (Å²) < 4.78 is 5.60. The summed E-state index contributed by atoms with van der Waals surface area (Å²) >= 11 is 0. The van der Waals surface area contributed by atoms with Gasteiger partial charge in [-0.25, -0.2) is 0 Å². The molecule has 24 heavy (non-hydrogen) atoms. The van der Waals surface area contributed by atoms with E-state index in [1.54, 1.807) is 0 Å². The predicted octanol–water partition coefficient (Wildman–Crippen LogP) is 2.59. The van der Waals surface area contributed by atoms with Crippen LogP contribution in [0.2, 0.25) is 0 Å². The molecule has 5 heteroatoms. The summed E-state index contributed by atoms with van der Waals surface area (Å²) in [6, 6.07) is 13.7. The molecular formula is C19H24N2O3. The van der Waals surface area contributed by atoms with Crippen molar-refractivity contribution in [3.63, 3.8) is 0 Å². The number of benzene rings is 2. The van der Waals surface area contributed by atoms with Gasteiger partial charge in [0.05, 0.1) is 6.54 Å². The molecule has 128 valence electrons. The minimum Gasteiger partial charge on any atom is -0.484 e. The highest BCUT2D eigenvalue weighted by atomic mass is 16.5. The second kappa shape index (κ2) is 8.34. The second-order valence-corrected chi connectivity index (χ2v) is 5.93. The van der Waals surface area contributed by atoms with Gasteiger partial charge in [-0.1, -0.05) is 30.3 Å². The normalized spacial score (nSPS) is 10.7. The quantitative estimate of drug-likeness (QED) is 0.850. The van der Waals surface area contributed by atoms with Crippen molar-refractivity contribution in [2.45, 2.75) is 26.8 Å². The molecule has 0 atom stereocenters. The Hall–Kier alpha value is -2.56. The topological polar surface area (TPSA) is 58.6 Å². The van der Waals surface area contributed by atoms with Gasteiger partial charge in [-0.2, -0.15) is 0 Å². The zero-order valence-electron chi connectivity index (χ0n) is 14.4. The first-order valence-corrected chi connectivity index (χ1v) is 8.18. The molecule has 2 rings (SSSR count). The number of nitrogens with zero attached hydrogens (tertiary/aromatic N) is 1. The lowest BCUT2D eigenvalue weighted by molar-refractivity contribution is -0.137. The summed E-state index contributed by atoms with van der Waals surface area (Å²) in [5, 5.41) is 4.97. The maximum absolute atomic E-state index is 12.3. The van der Waals surface area contributed by atoms with Gasteiger partial charge in [0.15, 0.2) is 6.61 Å². The fourth-order valence-corrected chi connectivity index (χ4v) is 2.41. The van der Waals surface area contributed by atoms with E-state index in [-0.39, 0.29) is 31.0 Å². The molecule has 0 fully saturated rings. The van der Waals surface area contributed by atoms with E-state index in [0.29, 0.717) is 12.3 Å². The van der Waals surface area contributed by atoms with Gasteiger partial charge >= 0.3 is 0 Å². The van der Waals surface area contributed by atoms with Crippen molar-refractivity contribution in [2.75, 3.05) is 19.7 Å². The van der Waals surface area contributed by atoms with Gasteiger partial charge in [0, 0.05) is 12.6 Å². The molecule has 0 unspecified atom stereocenters. The number of rotatable bonds is 7. The van der Waals surface area contributed by atoms with Crippen LogP contribution in [-0.2, 0) is 9.59 Å². The first-order valence-electron chi connectivity index (χ1n) is 8.18. The van der Waals surface area contributed by atoms with Crippen molar-refractivity contribution in [2.24, 2.45) is 0 Å². The minimum atomic E-state index is -0.204. The van der Waals surface area contributed by atoms with Crippen LogP contribution in [0, 0.1) is 0 Å². The summed E-state index contributed by atoms with van der Waals surface area (Å²) in [5.41, 5.74) is 0. The zero-order chi connectivity index (χ0) is 17.5. The number of nitrogens with one attached hydrogen (secondary N) is 1. The van der Waals surface area contributed by atoms with Crippen molar-refractivity contribution in [1.29, 1.82) is 0 Å². The molecule has 0 bridgehead atoms. The number of hydrogen-bond donors (Lipinski definition) is 1. The third-order valence-electron chi connectivity index (χ3n) is 3.60. The van der Waals surface area contributed by atoms with Gasteiger partial charge in [-0.15, -0.1) is 0 Å². The van der Waals surface area contributed by atoms with Crippen LogP contribution in [0.1, 0.15) is 20.8 Å². The highest BCUT2D eigenvalue weighted by Crippen LogP contribution is 2.20. The van der Waals surface area contributed by atoms with Gasteiger partial charge in [-0.3, -0.25) is 9.59 Å². The van der Waals surface area contributed by atoms with Crippen LogP contribution in [0.4, 0.5) is 0 Å². The Morgan fingerprint density at radius 1 is 1.12 bits per heavy atom. The Kier molecular flexibility index (Phi) is 6.18. The molecule has 0 aromatic heterocycles. The molecule has 0 radical (unpaired) electrons. The lowest BCUT2D eigenvalue weighted by Crippen LogP contribution is -2.44. The average molecular weight is 328 g/mol. The number of likely N-dealkylation sites (N-methyl/N-ethyl adjacent to an activating group) is 1. The first-order chi connectivity index (χ1) is 11.5. The Morgan fingerprint density at radius 3 is 2.50 bits per heavy atom. The summed E-state index contributed by atoms with van der Waals surface area (Å²) in [7, 11) is 0. The van der Waals surface area contributed by atoms with Gasteiger partial charge in [0.2, 0.25) is 5.91 Å². The van der Waals surface area contributed by atoms with E-state index in [9.17, 15) is 9.59 Å². The van der Waals surface area contributed by atoms with Crippen molar-refractivity contribution in [3.05, 3.63) is 42.5 Å². The number of ether oxygens (including phenoxy) is 1.